The fourth-order valence-corrected chi connectivity index (χ4v) is 3.95. The Morgan fingerprint density at radius 1 is 1.14 bits per heavy atom. The molecule has 148 valence electrons. The van der Waals surface area contributed by atoms with Crippen LogP contribution in [0.15, 0.2) is 42.5 Å². The van der Waals surface area contributed by atoms with Crippen molar-refractivity contribution in [3.63, 3.8) is 0 Å². The van der Waals surface area contributed by atoms with Gasteiger partial charge in [0.1, 0.15) is 5.82 Å². The van der Waals surface area contributed by atoms with E-state index in [1.165, 1.54) is 12.1 Å². The average Bonchev–Trinajstić information content (AvgIpc) is 2.73. The van der Waals surface area contributed by atoms with Crippen molar-refractivity contribution < 1.29 is 19.0 Å². The number of aliphatic hydroxyl groups is 1. The third-order valence-corrected chi connectivity index (χ3v) is 5.49. The maximum Gasteiger partial charge on any atom is 0.261 e. The summed E-state index contributed by atoms with van der Waals surface area (Å²) in [4.78, 5) is 16.7. The molecule has 4 rings (SSSR count). The maximum atomic E-state index is 14.1. The normalized spacial score (nSPS) is 18.6. The molecule has 2 aliphatic heterocycles. The molecule has 5 nitrogen and oxygen atoms in total. The second kappa shape index (κ2) is 8.39. The number of nitrogens with zero attached hydrogens (tertiary/aromatic N) is 2. The van der Waals surface area contributed by atoms with E-state index in [2.05, 4.69) is 4.90 Å². The Hall–Kier alpha value is -2.28. The van der Waals surface area contributed by atoms with Gasteiger partial charge in [0.2, 0.25) is 0 Å². The van der Waals surface area contributed by atoms with Gasteiger partial charge in [-0.1, -0.05) is 24.3 Å². The number of benzene rings is 2. The highest BCUT2D eigenvalue weighted by Gasteiger charge is 2.26. The quantitative estimate of drug-likeness (QED) is 0.881. The highest BCUT2D eigenvalue weighted by atomic mass is 19.1. The van der Waals surface area contributed by atoms with E-state index < -0.39 is 11.9 Å². The molecule has 2 aromatic rings. The number of rotatable bonds is 4. The lowest BCUT2D eigenvalue weighted by Gasteiger charge is -2.31. The van der Waals surface area contributed by atoms with Crippen molar-refractivity contribution in [3.8, 4) is 0 Å². The van der Waals surface area contributed by atoms with Crippen LogP contribution in [0.5, 0.6) is 0 Å². The van der Waals surface area contributed by atoms with Crippen molar-refractivity contribution in [2.75, 3.05) is 44.3 Å². The summed E-state index contributed by atoms with van der Waals surface area (Å²) in [7, 11) is 0. The Morgan fingerprint density at radius 2 is 1.93 bits per heavy atom. The number of aryl methyl sites for hydroxylation is 1. The summed E-state index contributed by atoms with van der Waals surface area (Å²) < 4.78 is 19.4. The van der Waals surface area contributed by atoms with Gasteiger partial charge in [-0.15, -0.1) is 0 Å². The largest absolute Gasteiger partial charge is 0.387 e. The van der Waals surface area contributed by atoms with Gasteiger partial charge in [0.05, 0.1) is 24.9 Å². The Bertz CT molecular complexity index is 851. The van der Waals surface area contributed by atoms with Gasteiger partial charge in [0, 0.05) is 31.9 Å². The van der Waals surface area contributed by atoms with Crippen LogP contribution >= 0.6 is 0 Å². The van der Waals surface area contributed by atoms with Crippen molar-refractivity contribution in [1.29, 1.82) is 0 Å². The Kier molecular flexibility index (Phi) is 5.71. The summed E-state index contributed by atoms with van der Waals surface area (Å²) in [5.41, 5.74) is 2.77. The van der Waals surface area contributed by atoms with Gasteiger partial charge in [-0.05, 0) is 42.2 Å². The minimum absolute atomic E-state index is 0.0896. The number of halogens is 1. The SMILES string of the molecule is O=C(c1ccccc1F)N1CCCc2cc([C@H](O)CN3CCOCC3)ccc21. The lowest BCUT2D eigenvalue weighted by Crippen LogP contribution is -2.39. The van der Waals surface area contributed by atoms with Crippen LogP contribution in [0, 0.1) is 5.82 Å². The number of carbonyl (C=O) groups excluding carboxylic acids is 1. The molecule has 0 saturated carbocycles. The molecule has 0 unspecified atom stereocenters. The molecule has 1 atom stereocenters. The maximum absolute atomic E-state index is 14.1. The number of hydrogen-bond donors (Lipinski definition) is 1. The van der Waals surface area contributed by atoms with Gasteiger partial charge < -0.3 is 14.7 Å². The lowest BCUT2D eigenvalue weighted by atomic mass is 9.96. The summed E-state index contributed by atoms with van der Waals surface area (Å²) in [6.07, 6.45) is 1.08. The first-order valence-corrected chi connectivity index (χ1v) is 9.81. The molecule has 6 heteroatoms. The molecular weight excluding hydrogens is 359 g/mol. The van der Waals surface area contributed by atoms with Gasteiger partial charge >= 0.3 is 0 Å². The zero-order valence-electron chi connectivity index (χ0n) is 15.8. The predicted octanol–water partition coefficient (Wildman–Crippen LogP) is 2.78. The molecule has 28 heavy (non-hydrogen) atoms. The van der Waals surface area contributed by atoms with Crippen LogP contribution in [0.2, 0.25) is 0 Å². The molecule has 0 aliphatic carbocycles. The third kappa shape index (κ3) is 3.94. The Balaban J connectivity index is 1.54. The van der Waals surface area contributed by atoms with Gasteiger partial charge in [0.15, 0.2) is 0 Å². The molecule has 2 aliphatic rings. The zero-order valence-corrected chi connectivity index (χ0v) is 15.8. The number of amides is 1. The zero-order chi connectivity index (χ0) is 19.5. The first-order chi connectivity index (χ1) is 13.6. The van der Waals surface area contributed by atoms with Crippen LogP contribution in [-0.2, 0) is 11.2 Å². The van der Waals surface area contributed by atoms with Gasteiger partial charge in [-0.2, -0.15) is 0 Å². The van der Waals surface area contributed by atoms with Crippen molar-refractivity contribution in [1.82, 2.24) is 4.90 Å². The van der Waals surface area contributed by atoms with E-state index in [4.69, 9.17) is 4.74 Å². The highest BCUT2D eigenvalue weighted by molar-refractivity contribution is 6.06. The number of carbonyl (C=O) groups is 1. The van der Waals surface area contributed by atoms with Crippen LogP contribution in [-0.4, -0.2) is 55.3 Å². The topological polar surface area (TPSA) is 53.0 Å². The summed E-state index contributed by atoms with van der Waals surface area (Å²) in [5, 5.41) is 10.7. The Labute approximate surface area is 164 Å². The van der Waals surface area contributed by atoms with Gasteiger partial charge in [0.25, 0.3) is 5.91 Å². The van der Waals surface area contributed by atoms with Crippen LogP contribution in [0.1, 0.15) is 34.0 Å². The first kappa shape index (κ1) is 19.1. The minimum Gasteiger partial charge on any atom is -0.387 e. The van der Waals surface area contributed by atoms with Gasteiger partial charge in [-0.3, -0.25) is 9.69 Å². The van der Waals surface area contributed by atoms with Crippen LogP contribution < -0.4 is 4.90 Å². The van der Waals surface area contributed by atoms with E-state index in [9.17, 15) is 14.3 Å². The van der Waals surface area contributed by atoms with E-state index in [0.717, 1.165) is 42.7 Å². The average molecular weight is 384 g/mol. The molecule has 1 saturated heterocycles. The van der Waals surface area contributed by atoms with E-state index in [-0.39, 0.29) is 11.5 Å². The monoisotopic (exact) mass is 384 g/mol. The Morgan fingerprint density at radius 3 is 2.71 bits per heavy atom. The van der Waals surface area contributed by atoms with Crippen molar-refractivity contribution in [3.05, 3.63) is 65.0 Å². The summed E-state index contributed by atoms with van der Waals surface area (Å²) in [5.74, 6) is -0.821. The molecule has 2 heterocycles. The highest BCUT2D eigenvalue weighted by Crippen LogP contribution is 2.31. The number of anilines is 1. The second-order valence-corrected chi connectivity index (χ2v) is 7.36. The van der Waals surface area contributed by atoms with Crippen LogP contribution in [0.4, 0.5) is 10.1 Å². The second-order valence-electron chi connectivity index (χ2n) is 7.36. The predicted molar refractivity (Wildman–Crippen MR) is 105 cm³/mol. The molecule has 0 bridgehead atoms. The standard InChI is InChI=1S/C22H25FN2O3/c23-19-6-2-1-5-18(19)22(27)25-9-3-4-16-14-17(7-8-20(16)25)21(26)15-24-10-12-28-13-11-24/h1-2,5-8,14,21,26H,3-4,9-13,15H2/t21-/m1/s1. The number of morpholine rings is 1. The third-order valence-electron chi connectivity index (χ3n) is 5.49. The minimum atomic E-state index is -0.582. The number of fused-ring (bicyclic) bond motifs is 1. The molecule has 0 aromatic heterocycles. The molecule has 1 amide bonds. The number of ether oxygens (including phenoxy) is 1. The molecule has 0 radical (unpaired) electrons. The fraction of sp³-hybridized carbons (Fsp3) is 0.409. The molecule has 0 spiro atoms. The fourth-order valence-electron chi connectivity index (χ4n) is 3.95. The van der Waals surface area contributed by atoms with Crippen molar-refractivity contribution in [2.24, 2.45) is 0 Å². The van der Waals surface area contributed by atoms with Crippen molar-refractivity contribution in [2.45, 2.75) is 18.9 Å². The van der Waals surface area contributed by atoms with E-state index >= 15 is 0 Å². The molecule has 1 N–H and O–H groups in total. The number of aliphatic hydroxyl groups excluding tert-OH is 1. The number of hydrogen-bond acceptors (Lipinski definition) is 4. The summed E-state index contributed by atoms with van der Waals surface area (Å²) >= 11 is 0. The van der Waals surface area contributed by atoms with E-state index in [1.54, 1.807) is 17.0 Å². The first-order valence-electron chi connectivity index (χ1n) is 9.81. The van der Waals surface area contributed by atoms with E-state index in [1.807, 2.05) is 18.2 Å². The van der Waals surface area contributed by atoms with Crippen LogP contribution in [0.25, 0.3) is 0 Å². The number of β-amino-alcohol motifs (C(OH)–C–C–N with tert-alkyl or cyclic N) is 1. The summed E-state index contributed by atoms with van der Waals surface area (Å²) in [6, 6.07) is 11.8. The summed E-state index contributed by atoms with van der Waals surface area (Å²) in [6.45, 7) is 4.18. The van der Waals surface area contributed by atoms with Crippen molar-refractivity contribution >= 4 is 11.6 Å². The van der Waals surface area contributed by atoms with E-state index in [0.29, 0.717) is 26.3 Å². The van der Waals surface area contributed by atoms with Crippen LogP contribution in [0.3, 0.4) is 0 Å². The van der Waals surface area contributed by atoms with Gasteiger partial charge in [-0.25, -0.2) is 4.39 Å². The molecule has 2 aromatic carbocycles. The molecular formula is C22H25FN2O3. The lowest BCUT2D eigenvalue weighted by molar-refractivity contribution is 0.0143. The molecule has 1 fully saturated rings. The smallest absolute Gasteiger partial charge is 0.261 e.